The highest BCUT2D eigenvalue weighted by Crippen LogP contribution is 2.13. The first-order valence-corrected chi connectivity index (χ1v) is 6.45. The molecule has 0 spiro atoms. The van der Waals surface area contributed by atoms with Gasteiger partial charge < -0.3 is 14.7 Å². The second-order valence-electron chi connectivity index (χ2n) is 4.79. The van der Waals surface area contributed by atoms with Crippen molar-refractivity contribution in [2.75, 3.05) is 26.8 Å². The second kappa shape index (κ2) is 8.48. The van der Waals surface area contributed by atoms with E-state index in [4.69, 9.17) is 9.84 Å². The molecule has 4 nitrogen and oxygen atoms in total. The third-order valence-corrected chi connectivity index (χ3v) is 2.96. The minimum Gasteiger partial charge on any atom is -0.395 e. The largest absolute Gasteiger partial charge is 0.395 e. The Morgan fingerprint density at radius 3 is 2.35 bits per heavy atom. The van der Waals surface area contributed by atoms with Crippen LogP contribution >= 0.6 is 0 Å². The minimum atomic E-state index is -0.806. The number of carbonyl (C=O) groups excluding carboxylic acids is 1. The van der Waals surface area contributed by atoms with Crippen molar-refractivity contribution in [2.24, 2.45) is 0 Å². The van der Waals surface area contributed by atoms with E-state index in [0.29, 0.717) is 13.1 Å². The molecule has 0 aliphatic rings. The van der Waals surface area contributed by atoms with Gasteiger partial charge in [-0.1, -0.05) is 26.2 Å². The topological polar surface area (TPSA) is 49.8 Å². The summed E-state index contributed by atoms with van der Waals surface area (Å²) in [4.78, 5) is 13.8. The molecule has 0 radical (unpaired) electrons. The molecular formula is C13H27NO3. The SMILES string of the molecule is CCCCCCN(CCO)C(=O)C(C)(C)OC. The number of methoxy groups -OCH3 is 1. The maximum atomic E-state index is 12.1. The van der Waals surface area contributed by atoms with Crippen molar-refractivity contribution < 1.29 is 14.6 Å². The van der Waals surface area contributed by atoms with Gasteiger partial charge >= 0.3 is 0 Å². The number of rotatable bonds is 9. The normalized spacial score (nSPS) is 11.6. The smallest absolute Gasteiger partial charge is 0.254 e. The number of aliphatic hydroxyl groups excluding tert-OH is 1. The third-order valence-electron chi connectivity index (χ3n) is 2.96. The van der Waals surface area contributed by atoms with Crippen LogP contribution in [0.15, 0.2) is 0 Å². The first-order valence-electron chi connectivity index (χ1n) is 6.45. The average Bonchev–Trinajstić information content (AvgIpc) is 2.32. The van der Waals surface area contributed by atoms with Crippen LogP contribution in [0.4, 0.5) is 0 Å². The quantitative estimate of drug-likeness (QED) is 0.630. The molecular weight excluding hydrogens is 218 g/mol. The number of unbranched alkanes of at least 4 members (excludes halogenated alkanes) is 3. The Morgan fingerprint density at radius 2 is 1.88 bits per heavy atom. The number of carbonyl (C=O) groups is 1. The number of amides is 1. The van der Waals surface area contributed by atoms with Crippen LogP contribution < -0.4 is 0 Å². The van der Waals surface area contributed by atoms with Crippen LogP contribution in [0.5, 0.6) is 0 Å². The van der Waals surface area contributed by atoms with Gasteiger partial charge in [0.2, 0.25) is 0 Å². The maximum Gasteiger partial charge on any atom is 0.254 e. The zero-order valence-electron chi connectivity index (χ0n) is 11.7. The van der Waals surface area contributed by atoms with Gasteiger partial charge in [-0.3, -0.25) is 4.79 Å². The predicted molar refractivity (Wildman–Crippen MR) is 68.9 cm³/mol. The van der Waals surface area contributed by atoms with Crippen LogP contribution in [0.25, 0.3) is 0 Å². The van der Waals surface area contributed by atoms with Crippen LogP contribution in [-0.2, 0) is 9.53 Å². The number of nitrogens with zero attached hydrogens (tertiary/aromatic N) is 1. The van der Waals surface area contributed by atoms with E-state index in [0.717, 1.165) is 12.8 Å². The fourth-order valence-electron chi connectivity index (χ4n) is 1.63. The van der Waals surface area contributed by atoms with Crippen LogP contribution in [0, 0.1) is 0 Å². The van der Waals surface area contributed by atoms with Gasteiger partial charge in [-0.25, -0.2) is 0 Å². The third kappa shape index (κ3) is 6.03. The van der Waals surface area contributed by atoms with Crippen molar-refractivity contribution in [3.8, 4) is 0 Å². The molecule has 1 amide bonds. The zero-order valence-corrected chi connectivity index (χ0v) is 11.7. The Labute approximate surface area is 105 Å². The molecule has 102 valence electrons. The summed E-state index contributed by atoms with van der Waals surface area (Å²) in [5.74, 6) is -0.0504. The zero-order chi connectivity index (χ0) is 13.3. The van der Waals surface area contributed by atoms with Gasteiger partial charge in [-0.2, -0.15) is 0 Å². The summed E-state index contributed by atoms with van der Waals surface area (Å²) in [7, 11) is 1.53. The lowest BCUT2D eigenvalue weighted by molar-refractivity contribution is -0.151. The van der Waals surface area contributed by atoms with Crippen LogP contribution in [0.1, 0.15) is 46.5 Å². The molecule has 0 aromatic carbocycles. The van der Waals surface area contributed by atoms with E-state index >= 15 is 0 Å². The van der Waals surface area contributed by atoms with Crippen molar-refractivity contribution in [3.63, 3.8) is 0 Å². The van der Waals surface area contributed by atoms with Gasteiger partial charge in [0.05, 0.1) is 6.61 Å². The standard InChI is InChI=1S/C13H27NO3/c1-5-6-7-8-9-14(10-11-15)12(16)13(2,3)17-4/h15H,5-11H2,1-4H3. The molecule has 17 heavy (non-hydrogen) atoms. The van der Waals surface area contributed by atoms with E-state index in [1.165, 1.54) is 20.0 Å². The van der Waals surface area contributed by atoms with E-state index in [1.54, 1.807) is 18.7 Å². The molecule has 0 fully saturated rings. The highest BCUT2D eigenvalue weighted by atomic mass is 16.5. The molecule has 0 aromatic heterocycles. The Kier molecular flexibility index (Phi) is 8.17. The molecule has 0 unspecified atom stereocenters. The lowest BCUT2D eigenvalue weighted by atomic mass is 10.1. The van der Waals surface area contributed by atoms with Crippen molar-refractivity contribution in [3.05, 3.63) is 0 Å². The molecule has 0 saturated heterocycles. The lowest BCUT2D eigenvalue weighted by Gasteiger charge is -2.30. The summed E-state index contributed by atoms with van der Waals surface area (Å²) >= 11 is 0. The van der Waals surface area contributed by atoms with Crippen molar-refractivity contribution in [1.29, 1.82) is 0 Å². The first-order chi connectivity index (χ1) is 7.99. The highest BCUT2D eigenvalue weighted by Gasteiger charge is 2.31. The maximum absolute atomic E-state index is 12.1. The number of ether oxygens (including phenoxy) is 1. The molecule has 0 saturated carbocycles. The number of aliphatic hydroxyl groups is 1. The molecule has 0 aliphatic carbocycles. The molecule has 0 rings (SSSR count). The summed E-state index contributed by atoms with van der Waals surface area (Å²) < 4.78 is 5.18. The van der Waals surface area contributed by atoms with Gasteiger partial charge in [0.25, 0.3) is 5.91 Å². The summed E-state index contributed by atoms with van der Waals surface area (Å²) in [5, 5.41) is 8.99. The molecule has 0 aliphatic heterocycles. The Bertz CT molecular complexity index is 217. The Hall–Kier alpha value is -0.610. The molecule has 0 heterocycles. The number of hydrogen-bond acceptors (Lipinski definition) is 3. The molecule has 0 atom stereocenters. The van der Waals surface area contributed by atoms with Gasteiger partial charge in [0.15, 0.2) is 0 Å². The van der Waals surface area contributed by atoms with Crippen LogP contribution in [-0.4, -0.2) is 48.3 Å². The highest BCUT2D eigenvalue weighted by molar-refractivity contribution is 5.84. The van der Waals surface area contributed by atoms with E-state index in [9.17, 15) is 4.79 Å². The van der Waals surface area contributed by atoms with Crippen LogP contribution in [0.2, 0.25) is 0 Å². The van der Waals surface area contributed by atoms with Crippen LogP contribution in [0.3, 0.4) is 0 Å². The Balaban J connectivity index is 4.26. The van der Waals surface area contributed by atoms with E-state index in [-0.39, 0.29) is 12.5 Å². The monoisotopic (exact) mass is 245 g/mol. The van der Waals surface area contributed by atoms with E-state index < -0.39 is 5.60 Å². The average molecular weight is 245 g/mol. The van der Waals surface area contributed by atoms with Crippen molar-refractivity contribution in [1.82, 2.24) is 4.90 Å². The summed E-state index contributed by atoms with van der Waals surface area (Å²) in [6, 6.07) is 0. The minimum absolute atomic E-state index is 0.000682. The van der Waals surface area contributed by atoms with Gasteiger partial charge in [-0.15, -0.1) is 0 Å². The number of hydrogen-bond donors (Lipinski definition) is 1. The summed E-state index contributed by atoms with van der Waals surface area (Å²) in [6.07, 6.45) is 4.48. The molecule has 1 N–H and O–H groups in total. The molecule has 4 heteroatoms. The predicted octanol–water partition coefficient (Wildman–Crippen LogP) is 1.81. The summed E-state index contributed by atoms with van der Waals surface area (Å²) in [5.41, 5.74) is -0.806. The van der Waals surface area contributed by atoms with Gasteiger partial charge in [0.1, 0.15) is 5.60 Å². The van der Waals surface area contributed by atoms with Gasteiger partial charge in [0, 0.05) is 20.2 Å². The fraction of sp³-hybridized carbons (Fsp3) is 0.923. The fourth-order valence-corrected chi connectivity index (χ4v) is 1.63. The van der Waals surface area contributed by atoms with E-state index in [1.807, 2.05) is 0 Å². The molecule has 0 bridgehead atoms. The first kappa shape index (κ1) is 16.4. The molecule has 0 aromatic rings. The van der Waals surface area contributed by atoms with Crippen molar-refractivity contribution in [2.45, 2.75) is 52.1 Å². The second-order valence-corrected chi connectivity index (χ2v) is 4.79. The van der Waals surface area contributed by atoms with Crippen molar-refractivity contribution >= 4 is 5.91 Å². The Morgan fingerprint density at radius 1 is 1.24 bits per heavy atom. The van der Waals surface area contributed by atoms with Gasteiger partial charge in [-0.05, 0) is 20.3 Å². The van der Waals surface area contributed by atoms with E-state index in [2.05, 4.69) is 6.92 Å². The summed E-state index contributed by atoms with van der Waals surface area (Å²) in [6.45, 7) is 6.76. The lowest BCUT2D eigenvalue weighted by Crippen LogP contribution is -2.47.